The van der Waals surface area contributed by atoms with Crippen molar-refractivity contribution >= 4 is 18.3 Å². The van der Waals surface area contributed by atoms with Gasteiger partial charge in [-0.1, -0.05) is 26.0 Å². The van der Waals surface area contributed by atoms with Gasteiger partial charge in [-0.05, 0) is 23.6 Å². The van der Waals surface area contributed by atoms with Crippen molar-refractivity contribution in [2.24, 2.45) is 11.7 Å². The Morgan fingerprint density at radius 1 is 1.38 bits per heavy atom. The van der Waals surface area contributed by atoms with E-state index in [1.165, 1.54) is 12.1 Å². The largest absolute Gasteiger partial charge is 0.370 e. The number of nitrogens with two attached hydrogens (primary N) is 1. The van der Waals surface area contributed by atoms with E-state index < -0.39 is 6.04 Å². The molecule has 1 aromatic rings. The molecule has 0 aromatic heterocycles. The summed E-state index contributed by atoms with van der Waals surface area (Å²) in [4.78, 5) is 14.0. The van der Waals surface area contributed by atoms with Crippen LogP contribution in [-0.4, -0.2) is 36.5 Å². The Kier molecular flexibility index (Phi) is 6.58. The third-order valence-corrected chi connectivity index (χ3v) is 3.62. The van der Waals surface area contributed by atoms with E-state index in [1.54, 1.807) is 17.0 Å². The molecule has 6 heteroatoms. The molecule has 2 N–H and O–H groups in total. The summed E-state index contributed by atoms with van der Waals surface area (Å²) in [6, 6.07) is 5.70. The molecular formula is C15H22ClFN2O2. The first-order chi connectivity index (χ1) is 9.49. The van der Waals surface area contributed by atoms with E-state index in [2.05, 4.69) is 0 Å². The third-order valence-electron chi connectivity index (χ3n) is 3.62. The van der Waals surface area contributed by atoms with E-state index in [0.717, 1.165) is 5.56 Å². The van der Waals surface area contributed by atoms with Crippen molar-refractivity contribution < 1.29 is 13.9 Å². The molecule has 1 fully saturated rings. The molecule has 1 heterocycles. The van der Waals surface area contributed by atoms with Crippen molar-refractivity contribution in [3.8, 4) is 0 Å². The van der Waals surface area contributed by atoms with Crippen LogP contribution in [0.15, 0.2) is 24.3 Å². The predicted octanol–water partition coefficient (Wildman–Crippen LogP) is 2.13. The predicted molar refractivity (Wildman–Crippen MR) is 81.7 cm³/mol. The maximum absolute atomic E-state index is 12.9. The third kappa shape index (κ3) is 4.40. The number of rotatable bonds is 3. The van der Waals surface area contributed by atoms with E-state index in [1.807, 2.05) is 13.8 Å². The highest BCUT2D eigenvalue weighted by Crippen LogP contribution is 2.23. The lowest BCUT2D eigenvalue weighted by Gasteiger charge is -2.35. The van der Waals surface area contributed by atoms with Gasteiger partial charge in [0.15, 0.2) is 0 Å². The molecule has 0 bridgehead atoms. The molecule has 2 atom stereocenters. The van der Waals surface area contributed by atoms with Gasteiger partial charge in [0.05, 0.1) is 19.2 Å². The van der Waals surface area contributed by atoms with Crippen molar-refractivity contribution in [2.75, 3.05) is 19.7 Å². The summed E-state index contributed by atoms with van der Waals surface area (Å²) in [7, 11) is 0. The van der Waals surface area contributed by atoms with Crippen molar-refractivity contribution in [3.05, 3.63) is 35.6 Å². The molecule has 1 aliphatic heterocycles. The van der Waals surface area contributed by atoms with Crippen LogP contribution in [0.1, 0.15) is 25.5 Å². The van der Waals surface area contributed by atoms with Crippen molar-refractivity contribution in [1.82, 2.24) is 4.90 Å². The highest BCUT2D eigenvalue weighted by molar-refractivity contribution is 5.85. The molecule has 2 rings (SSSR count). The highest BCUT2D eigenvalue weighted by atomic mass is 35.5. The molecule has 1 amide bonds. The molecular weight excluding hydrogens is 295 g/mol. The minimum absolute atomic E-state index is 0. The zero-order chi connectivity index (χ0) is 14.7. The lowest BCUT2D eigenvalue weighted by molar-refractivity contribution is -0.141. The van der Waals surface area contributed by atoms with E-state index in [0.29, 0.717) is 19.7 Å². The first-order valence-corrected chi connectivity index (χ1v) is 6.90. The number of nitrogens with zero attached hydrogens (tertiary/aromatic N) is 1. The van der Waals surface area contributed by atoms with Crippen LogP contribution in [0.5, 0.6) is 0 Å². The highest BCUT2D eigenvalue weighted by Gasteiger charge is 2.29. The van der Waals surface area contributed by atoms with Gasteiger partial charge in [-0.3, -0.25) is 4.79 Å². The number of hydrogen-bond acceptors (Lipinski definition) is 3. The summed E-state index contributed by atoms with van der Waals surface area (Å²) >= 11 is 0. The van der Waals surface area contributed by atoms with E-state index in [-0.39, 0.29) is 36.2 Å². The number of morpholine rings is 1. The minimum Gasteiger partial charge on any atom is -0.370 e. The SMILES string of the molecule is CC(C)[C@@H](N)C(=O)N1CCOC(c2ccc(F)cc2)C1.Cl. The molecule has 118 valence electrons. The summed E-state index contributed by atoms with van der Waals surface area (Å²) < 4.78 is 18.6. The molecule has 1 saturated heterocycles. The normalized spacial score (nSPS) is 20.0. The molecule has 0 saturated carbocycles. The zero-order valence-corrected chi connectivity index (χ0v) is 13.1. The molecule has 21 heavy (non-hydrogen) atoms. The fraction of sp³-hybridized carbons (Fsp3) is 0.533. The van der Waals surface area contributed by atoms with Crippen LogP contribution >= 0.6 is 12.4 Å². The summed E-state index contributed by atoms with van der Waals surface area (Å²) in [5.41, 5.74) is 6.79. The Bertz CT molecular complexity index is 467. The molecule has 1 unspecified atom stereocenters. The van der Waals surface area contributed by atoms with Gasteiger partial charge in [0.25, 0.3) is 0 Å². The van der Waals surface area contributed by atoms with Crippen LogP contribution in [0.3, 0.4) is 0 Å². The van der Waals surface area contributed by atoms with Crippen LogP contribution in [-0.2, 0) is 9.53 Å². The maximum atomic E-state index is 12.9. The lowest BCUT2D eigenvalue weighted by Crippen LogP contribution is -2.51. The van der Waals surface area contributed by atoms with E-state index in [4.69, 9.17) is 10.5 Å². The molecule has 0 radical (unpaired) electrons. The summed E-state index contributed by atoms with van der Waals surface area (Å²) in [5, 5.41) is 0. The summed E-state index contributed by atoms with van der Waals surface area (Å²) in [6.07, 6.45) is -0.215. The van der Waals surface area contributed by atoms with Gasteiger partial charge in [0.2, 0.25) is 5.91 Å². The van der Waals surface area contributed by atoms with Gasteiger partial charge in [-0.2, -0.15) is 0 Å². The Morgan fingerprint density at radius 3 is 2.57 bits per heavy atom. The van der Waals surface area contributed by atoms with Crippen LogP contribution in [0, 0.1) is 11.7 Å². The van der Waals surface area contributed by atoms with Crippen molar-refractivity contribution in [1.29, 1.82) is 0 Å². The first-order valence-electron chi connectivity index (χ1n) is 6.90. The average molecular weight is 317 g/mol. The monoisotopic (exact) mass is 316 g/mol. The topological polar surface area (TPSA) is 55.6 Å². The fourth-order valence-corrected chi connectivity index (χ4v) is 2.22. The Labute approximate surface area is 130 Å². The second kappa shape index (κ2) is 7.73. The Hall–Kier alpha value is -1.17. The van der Waals surface area contributed by atoms with Gasteiger partial charge in [0.1, 0.15) is 11.9 Å². The number of halogens is 2. The van der Waals surface area contributed by atoms with Gasteiger partial charge in [-0.15, -0.1) is 12.4 Å². The minimum atomic E-state index is -0.484. The lowest BCUT2D eigenvalue weighted by atomic mass is 10.0. The molecule has 4 nitrogen and oxygen atoms in total. The van der Waals surface area contributed by atoms with Crippen molar-refractivity contribution in [3.63, 3.8) is 0 Å². The Morgan fingerprint density at radius 2 is 2.00 bits per heavy atom. The second-order valence-electron chi connectivity index (χ2n) is 5.47. The molecule has 1 aliphatic rings. The van der Waals surface area contributed by atoms with Gasteiger partial charge < -0.3 is 15.4 Å². The standard InChI is InChI=1S/C15H21FN2O2.ClH/c1-10(2)14(17)15(19)18-7-8-20-13(9-18)11-3-5-12(16)6-4-11;/h3-6,10,13-14H,7-9,17H2,1-2H3;1H/t13?,14-;/m1./s1. The van der Waals surface area contributed by atoms with Crippen LogP contribution in [0.4, 0.5) is 4.39 Å². The van der Waals surface area contributed by atoms with Crippen LogP contribution in [0.25, 0.3) is 0 Å². The smallest absolute Gasteiger partial charge is 0.239 e. The maximum Gasteiger partial charge on any atom is 0.239 e. The van der Waals surface area contributed by atoms with Gasteiger partial charge in [0, 0.05) is 6.54 Å². The number of carbonyl (C=O) groups is 1. The average Bonchev–Trinajstić information content (AvgIpc) is 2.46. The number of ether oxygens (including phenoxy) is 1. The Balaban J connectivity index is 0.00000220. The van der Waals surface area contributed by atoms with E-state index >= 15 is 0 Å². The quantitative estimate of drug-likeness (QED) is 0.929. The number of carbonyl (C=O) groups excluding carboxylic acids is 1. The van der Waals surface area contributed by atoms with E-state index in [9.17, 15) is 9.18 Å². The molecule has 1 aromatic carbocycles. The number of hydrogen-bond donors (Lipinski definition) is 1. The van der Waals surface area contributed by atoms with Crippen LogP contribution < -0.4 is 5.73 Å². The fourth-order valence-electron chi connectivity index (χ4n) is 2.22. The molecule has 0 aliphatic carbocycles. The summed E-state index contributed by atoms with van der Waals surface area (Å²) in [5.74, 6) is -0.218. The van der Waals surface area contributed by atoms with Crippen LogP contribution in [0.2, 0.25) is 0 Å². The second-order valence-corrected chi connectivity index (χ2v) is 5.47. The zero-order valence-electron chi connectivity index (χ0n) is 12.3. The van der Waals surface area contributed by atoms with Gasteiger partial charge in [-0.25, -0.2) is 4.39 Å². The van der Waals surface area contributed by atoms with Crippen molar-refractivity contribution in [2.45, 2.75) is 26.0 Å². The van der Waals surface area contributed by atoms with Gasteiger partial charge >= 0.3 is 0 Å². The number of amides is 1. The summed E-state index contributed by atoms with van der Waals surface area (Å²) in [6.45, 7) is 5.35. The first kappa shape index (κ1) is 17.9. The number of benzene rings is 1. The molecule has 0 spiro atoms.